The normalized spacial score (nSPS) is 11.5. The predicted octanol–water partition coefficient (Wildman–Crippen LogP) is 9.07. The summed E-state index contributed by atoms with van der Waals surface area (Å²) < 4.78 is 6.00. The van der Waals surface area contributed by atoms with Gasteiger partial charge in [-0.05, 0) is 60.5 Å². The SMILES string of the molecule is O=C(c1cc(Cl)cc2cc[nH]c12)N(CCc1ccc(Cl)c(Cl)c1)Cc1cc2cc(Cl)cc(Cl)c2o1. The number of carbonyl (C=O) groups is 1. The molecule has 5 aromatic rings. The number of aromatic amines is 1. The molecule has 0 saturated carbocycles. The maximum atomic E-state index is 13.8. The van der Waals surface area contributed by atoms with E-state index in [4.69, 9.17) is 62.4 Å². The molecule has 0 atom stereocenters. The van der Waals surface area contributed by atoms with Crippen LogP contribution in [-0.2, 0) is 13.0 Å². The van der Waals surface area contributed by atoms with Gasteiger partial charge in [-0.25, -0.2) is 0 Å². The average molecular weight is 567 g/mol. The zero-order valence-corrected chi connectivity index (χ0v) is 21.8. The Labute approximate surface area is 226 Å². The molecule has 0 unspecified atom stereocenters. The number of H-pyrrole nitrogens is 1. The van der Waals surface area contributed by atoms with Crippen molar-refractivity contribution >= 4 is 85.8 Å². The molecule has 0 aliphatic carbocycles. The van der Waals surface area contributed by atoms with Gasteiger partial charge in [-0.1, -0.05) is 64.1 Å². The first-order valence-corrected chi connectivity index (χ1v) is 12.5. The molecule has 35 heavy (non-hydrogen) atoms. The fourth-order valence-electron chi connectivity index (χ4n) is 4.08. The standard InChI is InChI=1S/C26H17Cl5N2O2/c27-17-8-15-3-5-32-24(15)20(11-17)26(34)33(6-4-14-1-2-21(29)22(30)7-14)13-19-10-16-9-18(28)12-23(31)25(16)35-19/h1-3,5,7-12,32H,4,6,13H2. The molecule has 4 nitrogen and oxygen atoms in total. The molecular formula is C26H17Cl5N2O2. The van der Waals surface area contributed by atoms with Gasteiger partial charge < -0.3 is 14.3 Å². The molecule has 0 radical (unpaired) electrons. The van der Waals surface area contributed by atoms with Crippen molar-refractivity contribution in [3.8, 4) is 0 Å². The first-order valence-electron chi connectivity index (χ1n) is 10.7. The minimum absolute atomic E-state index is 0.190. The summed E-state index contributed by atoms with van der Waals surface area (Å²) in [6.07, 6.45) is 2.34. The summed E-state index contributed by atoms with van der Waals surface area (Å²) in [5.41, 5.74) is 2.67. The first kappa shape index (κ1) is 24.4. The highest BCUT2D eigenvalue weighted by Gasteiger charge is 2.22. The van der Waals surface area contributed by atoms with Crippen molar-refractivity contribution in [3.63, 3.8) is 0 Å². The number of nitrogens with zero attached hydrogens (tertiary/aromatic N) is 1. The number of amides is 1. The molecule has 1 amide bonds. The molecule has 0 bridgehead atoms. The van der Waals surface area contributed by atoms with E-state index in [9.17, 15) is 4.79 Å². The largest absolute Gasteiger partial charge is 0.458 e. The maximum Gasteiger partial charge on any atom is 0.256 e. The summed E-state index contributed by atoms with van der Waals surface area (Å²) in [4.78, 5) is 18.7. The van der Waals surface area contributed by atoms with Crippen molar-refractivity contribution < 1.29 is 9.21 Å². The van der Waals surface area contributed by atoms with Crippen LogP contribution in [-0.4, -0.2) is 22.3 Å². The van der Waals surface area contributed by atoms with Crippen LogP contribution in [0.3, 0.4) is 0 Å². The van der Waals surface area contributed by atoms with E-state index in [1.165, 1.54) is 0 Å². The van der Waals surface area contributed by atoms with Crippen molar-refractivity contribution in [1.29, 1.82) is 0 Å². The lowest BCUT2D eigenvalue weighted by molar-refractivity contribution is 0.0736. The monoisotopic (exact) mass is 564 g/mol. The summed E-state index contributed by atoms with van der Waals surface area (Å²) in [6, 6.07) is 16.0. The van der Waals surface area contributed by atoms with E-state index in [0.717, 1.165) is 21.9 Å². The Morgan fingerprint density at radius 1 is 0.829 bits per heavy atom. The summed E-state index contributed by atoms with van der Waals surface area (Å²) in [7, 11) is 0. The smallest absolute Gasteiger partial charge is 0.256 e. The summed E-state index contributed by atoms with van der Waals surface area (Å²) >= 11 is 31.0. The Balaban J connectivity index is 1.50. The lowest BCUT2D eigenvalue weighted by atomic mass is 10.1. The third-order valence-corrected chi connectivity index (χ3v) is 7.19. The van der Waals surface area contributed by atoms with E-state index in [0.29, 0.717) is 55.0 Å². The van der Waals surface area contributed by atoms with Gasteiger partial charge in [-0.2, -0.15) is 0 Å². The van der Waals surface area contributed by atoms with E-state index in [1.54, 1.807) is 41.4 Å². The molecule has 0 spiro atoms. The summed E-state index contributed by atoms with van der Waals surface area (Å²) in [6.45, 7) is 0.620. The number of halogens is 5. The highest BCUT2D eigenvalue weighted by molar-refractivity contribution is 6.42. The van der Waals surface area contributed by atoms with Crippen molar-refractivity contribution in [2.45, 2.75) is 13.0 Å². The predicted molar refractivity (Wildman–Crippen MR) is 144 cm³/mol. The molecule has 9 heteroatoms. The van der Waals surface area contributed by atoms with Crippen LogP contribution >= 0.6 is 58.0 Å². The van der Waals surface area contributed by atoms with Crippen LogP contribution in [0.4, 0.5) is 0 Å². The highest BCUT2D eigenvalue weighted by atomic mass is 35.5. The Hall–Kier alpha value is -2.34. The van der Waals surface area contributed by atoms with Gasteiger partial charge >= 0.3 is 0 Å². The number of aromatic nitrogens is 1. The van der Waals surface area contributed by atoms with Crippen LogP contribution in [0.1, 0.15) is 21.7 Å². The number of nitrogens with one attached hydrogen (secondary N) is 1. The molecule has 0 saturated heterocycles. The Kier molecular flexibility index (Phi) is 6.93. The van der Waals surface area contributed by atoms with Crippen LogP contribution in [0, 0.1) is 0 Å². The van der Waals surface area contributed by atoms with Crippen LogP contribution < -0.4 is 0 Å². The van der Waals surface area contributed by atoms with Crippen LogP contribution in [0.25, 0.3) is 21.9 Å². The van der Waals surface area contributed by atoms with Crippen molar-refractivity contribution in [2.24, 2.45) is 0 Å². The molecule has 1 N–H and O–H groups in total. The molecule has 178 valence electrons. The number of hydrogen-bond acceptors (Lipinski definition) is 2. The molecule has 0 fully saturated rings. The van der Waals surface area contributed by atoms with Gasteiger partial charge in [0.25, 0.3) is 5.91 Å². The van der Waals surface area contributed by atoms with Crippen LogP contribution in [0.2, 0.25) is 25.1 Å². The minimum atomic E-state index is -0.190. The molecule has 5 rings (SSSR count). The van der Waals surface area contributed by atoms with E-state index < -0.39 is 0 Å². The lowest BCUT2D eigenvalue weighted by Gasteiger charge is -2.22. The number of benzene rings is 3. The highest BCUT2D eigenvalue weighted by Crippen LogP contribution is 2.32. The Morgan fingerprint density at radius 2 is 1.60 bits per heavy atom. The number of hydrogen-bond donors (Lipinski definition) is 1. The number of rotatable bonds is 6. The Morgan fingerprint density at radius 3 is 2.40 bits per heavy atom. The fourth-order valence-corrected chi connectivity index (χ4v) is 5.18. The van der Waals surface area contributed by atoms with Crippen molar-refractivity contribution in [1.82, 2.24) is 9.88 Å². The molecular weight excluding hydrogens is 550 g/mol. The zero-order valence-electron chi connectivity index (χ0n) is 18.0. The average Bonchev–Trinajstić information content (AvgIpc) is 3.44. The van der Waals surface area contributed by atoms with Crippen LogP contribution in [0.5, 0.6) is 0 Å². The van der Waals surface area contributed by atoms with Gasteiger partial charge in [-0.3, -0.25) is 4.79 Å². The first-order chi connectivity index (χ1) is 16.8. The molecule has 2 heterocycles. The van der Waals surface area contributed by atoms with Gasteiger partial charge in [0.05, 0.1) is 32.7 Å². The second-order valence-electron chi connectivity index (χ2n) is 8.14. The second-order valence-corrected chi connectivity index (χ2v) is 10.2. The van der Waals surface area contributed by atoms with Crippen molar-refractivity contribution in [2.75, 3.05) is 6.54 Å². The fraction of sp³-hybridized carbons (Fsp3) is 0.115. The third kappa shape index (κ3) is 5.13. The molecule has 3 aromatic carbocycles. The van der Waals surface area contributed by atoms with Crippen LogP contribution in [0.15, 0.2) is 65.2 Å². The van der Waals surface area contributed by atoms with E-state index >= 15 is 0 Å². The lowest BCUT2D eigenvalue weighted by Crippen LogP contribution is -2.32. The maximum absolute atomic E-state index is 13.8. The minimum Gasteiger partial charge on any atom is -0.458 e. The van der Waals surface area contributed by atoms with Gasteiger partial charge in [-0.15, -0.1) is 0 Å². The quantitative estimate of drug-likeness (QED) is 0.223. The van der Waals surface area contributed by atoms with E-state index in [-0.39, 0.29) is 12.5 Å². The topological polar surface area (TPSA) is 49.2 Å². The number of furan rings is 1. The number of fused-ring (bicyclic) bond motifs is 2. The molecule has 2 aromatic heterocycles. The molecule has 0 aliphatic heterocycles. The van der Waals surface area contributed by atoms with Gasteiger partial charge in [0.15, 0.2) is 5.58 Å². The summed E-state index contributed by atoms with van der Waals surface area (Å²) in [5.74, 6) is 0.390. The third-order valence-electron chi connectivity index (χ3n) is 5.73. The van der Waals surface area contributed by atoms with E-state index in [2.05, 4.69) is 4.98 Å². The van der Waals surface area contributed by atoms with E-state index in [1.807, 2.05) is 24.3 Å². The summed E-state index contributed by atoms with van der Waals surface area (Å²) in [5, 5.41) is 3.98. The number of carbonyl (C=O) groups excluding carboxylic acids is 1. The van der Waals surface area contributed by atoms with Crippen molar-refractivity contribution in [3.05, 3.63) is 103 Å². The second kappa shape index (κ2) is 9.96. The Bertz CT molecular complexity index is 1570. The zero-order chi connectivity index (χ0) is 24.7. The molecule has 0 aliphatic rings. The van der Waals surface area contributed by atoms with Gasteiger partial charge in [0.1, 0.15) is 5.76 Å². The van der Waals surface area contributed by atoms with Gasteiger partial charge in [0, 0.05) is 33.6 Å². The van der Waals surface area contributed by atoms with Gasteiger partial charge in [0.2, 0.25) is 0 Å².